The quantitative estimate of drug-likeness (QED) is 0.625. The topological polar surface area (TPSA) is 102 Å². The Labute approximate surface area is 159 Å². The first-order chi connectivity index (χ1) is 12.9. The predicted molar refractivity (Wildman–Crippen MR) is 100 cm³/mol. The lowest BCUT2D eigenvalue weighted by Gasteiger charge is -2.17. The molecule has 0 unspecified atom stereocenters. The van der Waals surface area contributed by atoms with Gasteiger partial charge < -0.3 is 15.0 Å². The summed E-state index contributed by atoms with van der Waals surface area (Å²) in [6.07, 6.45) is 0.729. The van der Waals surface area contributed by atoms with E-state index in [1.807, 2.05) is 6.07 Å². The summed E-state index contributed by atoms with van der Waals surface area (Å²) < 4.78 is 4.90. The molecule has 1 aliphatic rings. The molecule has 8 nitrogen and oxygen atoms in total. The van der Waals surface area contributed by atoms with Gasteiger partial charge in [0.15, 0.2) is 0 Å². The molecule has 1 N–H and O–H groups in total. The van der Waals surface area contributed by atoms with Crippen LogP contribution >= 0.6 is 11.6 Å². The number of methoxy groups -OCH3 is 1. The third-order valence-corrected chi connectivity index (χ3v) is 4.53. The first-order valence-corrected chi connectivity index (χ1v) is 8.46. The number of anilines is 2. The van der Waals surface area contributed by atoms with Crippen molar-refractivity contribution >= 4 is 40.5 Å². The Hall–Kier alpha value is -2.97. The van der Waals surface area contributed by atoms with Gasteiger partial charge in [-0.2, -0.15) is 0 Å². The van der Waals surface area contributed by atoms with Crippen LogP contribution in [0, 0.1) is 10.1 Å². The maximum atomic E-state index is 12.5. The molecular formula is C18H16ClN3O5. The highest BCUT2D eigenvalue weighted by Crippen LogP contribution is 2.31. The number of nitrogens with zero attached hydrogens (tertiary/aromatic N) is 2. The minimum absolute atomic E-state index is 0.0141. The molecule has 1 heterocycles. The fourth-order valence-electron chi connectivity index (χ4n) is 2.92. The van der Waals surface area contributed by atoms with Crippen LogP contribution in [0.1, 0.15) is 15.9 Å². The number of amides is 2. The summed E-state index contributed by atoms with van der Waals surface area (Å²) in [7, 11) is 1.46. The highest BCUT2D eigenvalue weighted by atomic mass is 35.5. The monoisotopic (exact) mass is 389 g/mol. The summed E-state index contributed by atoms with van der Waals surface area (Å²) in [5.41, 5.74) is 2.15. The molecule has 2 aromatic carbocycles. The molecule has 2 amide bonds. The second-order valence-electron chi connectivity index (χ2n) is 5.95. The molecule has 1 aliphatic heterocycles. The van der Waals surface area contributed by atoms with E-state index in [2.05, 4.69) is 5.32 Å². The number of carbonyl (C=O) groups is 2. The normalized spacial score (nSPS) is 12.6. The zero-order valence-electron chi connectivity index (χ0n) is 14.4. The fourth-order valence-corrected chi connectivity index (χ4v) is 3.18. The van der Waals surface area contributed by atoms with Crippen molar-refractivity contribution in [3.05, 3.63) is 62.7 Å². The number of nitrogens with one attached hydrogen (secondary N) is 1. The number of ether oxygens (including phenoxy) is 1. The van der Waals surface area contributed by atoms with Crippen LogP contribution in [0.3, 0.4) is 0 Å². The van der Waals surface area contributed by atoms with E-state index >= 15 is 0 Å². The summed E-state index contributed by atoms with van der Waals surface area (Å²) in [6.45, 7) is 0.539. The Morgan fingerprint density at radius 1 is 1.30 bits per heavy atom. The molecule has 140 valence electrons. The van der Waals surface area contributed by atoms with Crippen molar-refractivity contribution in [1.82, 2.24) is 0 Å². The second kappa shape index (κ2) is 7.73. The minimum atomic E-state index is -0.584. The van der Waals surface area contributed by atoms with Crippen LogP contribution in [-0.2, 0) is 16.0 Å². The summed E-state index contributed by atoms with van der Waals surface area (Å²) in [4.78, 5) is 36.4. The molecule has 0 saturated carbocycles. The van der Waals surface area contributed by atoms with E-state index in [-0.39, 0.29) is 28.8 Å². The average Bonchev–Trinajstić information content (AvgIpc) is 3.05. The first-order valence-electron chi connectivity index (χ1n) is 8.08. The molecule has 0 saturated heterocycles. The van der Waals surface area contributed by atoms with Crippen molar-refractivity contribution in [2.24, 2.45) is 0 Å². The van der Waals surface area contributed by atoms with Crippen molar-refractivity contribution in [2.45, 2.75) is 6.42 Å². The molecule has 3 rings (SSSR count). The lowest BCUT2D eigenvalue weighted by molar-refractivity contribution is -0.384. The van der Waals surface area contributed by atoms with E-state index in [0.717, 1.165) is 23.7 Å². The van der Waals surface area contributed by atoms with Gasteiger partial charge in [0.05, 0.1) is 15.5 Å². The highest BCUT2D eigenvalue weighted by molar-refractivity contribution is 6.34. The molecule has 0 aliphatic carbocycles. The third-order valence-electron chi connectivity index (χ3n) is 4.22. The maximum absolute atomic E-state index is 12.5. The van der Waals surface area contributed by atoms with Crippen LogP contribution in [0.2, 0.25) is 5.02 Å². The van der Waals surface area contributed by atoms with Gasteiger partial charge in [0.25, 0.3) is 17.5 Å². The van der Waals surface area contributed by atoms with Gasteiger partial charge >= 0.3 is 0 Å². The second-order valence-corrected chi connectivity index (χ2v) is 6.35. The number of non-ortho nitro benzene ring substituents is 1. The lowest BCUT2D eigenvalue weighted by atomic mass is 10.1. The minimum Gasteiger partial charge on any atom is -0.375 e. The van der Waals surface area contributed by atoms with Gasteiger partial charge in [0.2, 0.25) is 0 Å². The summed E-state index contributed by atoms with van der Waals surface area (Å²) in [6, 6.07) is 8.95. The average molecular weight is 390 g/mol. The summed E-state index contributed by atoms with van der Waals surface area (Å²) >= 11 is 6.00. The van der Waals surface area contributed by atoms with Gasteiger partial charge in [0, 0.05) is 37.2 Å². The molecule has 2 aromatic rings. The zero-order valence-corrected chi connectivity index (χ0v) is 15.2. The van der Waals surface area contributed by atoms with Crippen LogP contribution in [-0.4, -0.2) is 37.0 Å². The summed E-state index contributed by atoms with van der Waals surface area (Å²) in [5.74, 6) is -0.652. The van der Waals surface area contributed by atoms with Crippen LogP contribution in [0.4, 0.5) is 17.1 Å². The molecule has 0 aromatic heterocycles. The van der Waals surface area contributed by atoms with Crippen molar-refractivity contribution in [1.29, 1.82) is 0 Å². The molecule has 0 bridgehead atoms. The Kier molecular flexibility index (Phi) is 5.38. The predicted octanol–water partition coefficient (Wildman–Crippen LogP) is 3.04. The number of hydrogen-bond acceptors (Lipinski definition) is 5. The van der Waals surface area contributed by atoms with Gasteiger partial charge in [-0.25, -0.2) is 0 Å². The van der Waals surface area contributed by atoms with Crippen LogP contribution in [0.5, 0.6) is 0 Å². The van der Waals surface area contributed by atoms with Gasteiger partial charge in [-0.1, -0.05) is 17.7 Å². The van der Waals surface area contributed by atoms with E-state index in [4.69, 9.17) is 16.3 Å². The van der Waals surface area contributed by atoms with E-state index in [9.17, 15) is 19.7 Å². The summed E-state index contributed by atoms with van der Waals surface area (Å²) in [5, 5.41) is 13.5. The number of carbonyl (C=O) groups excluding carboxylic acids is 2. The Morgan fingerprint density at radius 2 is 2.07 bits per heavy atom. The Balaban J connectivity index is 1.81. The molecule has 27 heavy (non-hydrogen) atoms. The SMILES string of the molecule is COCC(=O)N1CCc2ccc(NC(=O)c3ccc([N+](=O)[O-])cc3Cl)cc21. The Morgan fingerprint density at radius 3 is 2.74 bits per heavy atom. The van der Waals surface area contributed by atoms with E-state index < -0.39 is 10.8 Å². The van der Waals surface area contributed by atoms with Crippen LogP contribution in [0.15, 0.2) is 36.4 Å². The molecule has 0 atom stereocenters. The van der Waals surface area contributed by atoms with Crippen molar-refractivity contribution in [2.75, 3.05) is 30.5 Å². The van der Waals surface area contributed by atoms with E-state index in [0.29, 0.717) is 12.2 Å². The fraction of sp³-hybridized carbons (Fsp3) is 0.222. The van der Waals surface area contributed by atoms with Gasteiger partial charge in [0.1, 0.15) is 6.61 Å². The molecular weight excluding hydrogens is 374 g/mol. The number of hydrogen-bond donors (Lipinski definition) is 1. The van der Waals surface area contributed by atoms with Gasteiger partial charge in [-0.3, -0.25) is 19.7 Å². The molecule has 0 fully saturated rings. The number of halogens is 1. The number of fused-ring (bicyclic) bond motifs is 1. The first kappa shape index (κ1) is 18.8. The van der Waals surface area contributed by atoms with E-state index in [1.165, 1.54) is 19.2 Å². The largest absolute Gasteiger partial charge is 0.375 e. The standard InChI is InChI=1S/C18H16ClN3O5/c1-27-10-17(23)21-7-6-11-2-3-12(8-16(11)21)20-18(24)14-5-4-13(22(25)26)9-15(14)19/h2-5,8-9H,6-7,10H2,1H3,(H,20,24). The van der Waals surface area contributed by atoms with Crippen LogP contribution < -0.4 is 10.2 Å². The van der Waals surface area contributed by atoms with Crippen molar-refractivity contribution in [3.8, 4) is 0 Å². The number of nitro benzene ring substituents is 1. The molecule has 0 radical (unpaired) electrons. The number of rotatable bonds is 5. The number of benzene rings is 2. The highest BCUT2D eigenvalue weighted by Gasteiger charge is 2.25. The third kappa shape index (κ3) is 3.91. The molecule has 9 heteroatoms. The van der Waals surface area contributed by atoms with Crippen LogP contribution in [0.25, 0.3) is 0 Å². The van der Waals surface area contributed by atoms with Gasteiger partial charge in [-0.15, -0.1) is 0 Å². The number of nitro groups is 1. The lowest BCUT2D eigenvalue weighted by Crippen LogP contribution is -2.32. The Bertz CT molecular complexity index is 931. The zero-order chi connectivity index (χ0) is 19.6. The maximum Gasteiger partial charge on any atom is 0.270 e. The van der Waals surface area contributed by atoms with Gasteiger partial charge in [-0.05, 0) is 30.2 Å². The van der Waals surface area contributed by atoms with Crippen molar-refractivity contribution in [3.63, 3.8) is 0 Å². The van der Waals surface area contributed by atoms with E-state index in [1.54, 1.807) is 17.0 Å². The smallest absolute Gasteiger partial charge is 0.270 e. The molecule has 0 spiro atoms. The van der Waals surface area contributed by atoms with Crippen molar-refractivity contribution < 1.29 is 19.2 Å².